The first kappa shape index (κ1) is 13.7. The molecule has 2 nitrogen and oxygen atoms in total. The summed E-state index contributed by atoms with van der Waals surface area (Å²) in [6.07, 6.45) is 6.74. The van der Waals surface area contributed by atoms with E-state index >= 15 is 0 Å². The zero-order chi connectivity index (χ0) is 11.2. The van der Waals surface area contributed by atoms with E-state index in [1.165, 1.54) is 0 Å². The van der Waals surface area contributed by atoms with Crippen LogP contribution in [0.2, 0.25) is 0 Å². The molecule has 0 aliphatic heterocycles. The lowest BCUT2D eigenvalue weighted by Crippen LogP contribution is -2.30. The third kappa shape index (κ3) is 4.80. The fourth-order valence-electron chi connectivity index (χ4n) is 0.982. The molecule has 0 rings (SSSR count). The average molecular weight is 218 g/mol. The Morgan fingerprint density at radius 3 is 2.14 bits per heavy atom. The number of hydrogen-bond donors (Lipinski definition) is 0. The maximum Gasteiger partial charge on any atom is 0.155 e. The molecule has 0 saturated carbocycles. The van der Waals surface area contributed by atoms with Gasteiger partial charge in [-0.05, 0) is 40.0 Å². The molecule has 0 bridgehead atoms. The highest BCUT2D eigenvalue weighted by molar-refractivity contribution is 7.92. The molecule has 0 aliphatic rings. The Bertz CT molecular complexity index is 268. The fraction of sp³-hybridized carbons (Fsp3) is 0.818. The molecule has 0 aliphatic carbocycles. The Morgan fingerprint density at radius 1 is 1.14 bits per heavy atom. The summed E-state index contributed by atoms with van der Waals surface area (Å²) < 4.78 is 22.7. The zero-order valence-corrected chi connectivity index (χ0v) is 10.5. The molecule has 0 radical (unpaired) electrons. The number of unbranched alkanes of at least 4 members (excludes halogenated alkanes) is 1. The van der Waals surface area contributed by atoms with Crippen LogP contribution >= 0.6 is 0 Å². The lowest BCUT2D eigenvalue weighted by molar-refractivity contribution is 0.558. The molecule has 84 valence electrons. The predicted octanol–water partition coefficient (Wildman–Crippen LogP) is 2.95. The van der Waals surface area contributed by atoms with Crippen LogP contribution in [0.1, 0.15) is 47.0 Å². The minimum atomic E-state index is -2.92. The van der Waals surface area contributed by atoms with Gasteiger partial charge in [0.25, 0.3) is 0 Å². The molecule has 0 atom stereocenters. The van der Waals surface area contributed by atoms with Crippen LogP contribution in [0.4, 0.5) is 0 Å². The second-order valence-corrected chi connectivity index (χ2v) is 7.32. The Balaban J connectivity index is 3.97. The van der Waals surface area contributed by atoms with Crippen LogP contribution < -0.4 is 0 Å². The topological polar surface area (TPSA) is 34.1 Å². The van der Waals surface area contributed by atoms with E-state index in [-0.39, 0.29) is 0 Å². The van der Waals surface area contributed by atoms with Crippen molar-refractivity contribution in [1.29, 1.82) is 0 Å². The summed E-state index contributed by atoms with van der Waals surface area (Å²) in [6.45, 7) is 7.33. The molecule has 0 N–H and O–H groups in total. The van der Waals surface area contributed by atoms with Crippen molar-refractivity contribution in [2.75, 3.05) is 5.75 Å². The highest BCUT2D eigenvalue weighted by Gasteiger charge is 2.27. The monoisotopic (exact) mass is 218 g/mol. The molecule has 0 spiro atoms. The summed E-state index contributed by atoms with van der Waals surface area (Å²) >= 11 is 0. The maximum atomic E-state index is 11.7. The number of sulfone groups is 1. The van der Waals surface area contributed by atoms with Crippen molar-refractivity contribution in [2.45, 2.75) is 51.7 Å². The predicted molar refractivity (Wildman–Crippen MR) is 62.2 cm³/mol. The summed E-state index contributed by atoms with van der Waals surface area (Å²) in [5.41, 5.74) is 0. The van der Waals surface area contributed by atoms with Gasteiger partial charge in [0.15, 0.2) is 9.84 Å². The van der Waals surface area contributed by atoms with Crippen molar-refractivity contribution in [2.24, 2.45) is 0 Å². The summed E-state index contributed by atoms with van der Waals surface area (Å²) in [4.78, 5) is 0. The molecule has 14 heavy (non-hydrogen) atoms. The fourth-order valence-corrected chi connectivity index (χ4v) is 2.14. The largest absolute Gasteiger partial charge is 0.228 e. The number of allylic oxidation sites excluding steroid dienone is 2. The third-order valence-corrected chi connectivity index (χ3v) is 4.81. The van der Waals surface area contributed by atoms with Crippen LogP contribution in [-0.4, -0.2) is 18.9 Å². The zero-order valence-electron chi connectivity index (χ0n) is 9.71. The normalized spacial score (nSPS) is 13.7. The Morgan fingerprint density at radius 2 is 1.71 bits per heavy atom. The van der Waals surface area contributed by atoms with Gasteiger partial charge in [0, 0.05) is 0 Å². The first-order valence-corrected chi connectivity index (χ1v) is 6.84. The van der Waals surface area contributed by atoms with E-state index in [4.69, 9.17) is 0 Å². The van der Waals surface area contributed by atoms with Gasteiger partial charge in [-0.3, -0.25) is 0 Å². The van der Waals surface area contributed by atoms with Gasteiger partial charge in [-0.15, -0.1) is 0 Å². The van der Waals surface area contributed by atoms with E-state index in [1.54, 1.807) is 20.8 Å². The van der Waals surface area contributed by atoms with Gasteiger partial charge >= 0.3 is 0 Å². The molecule has 0 fully saturated rings. The van der Waals surface area contributed by atoms with E-state index in [0.29, 0.717) is 5.75 Å². The minimum Gasteiger partial charge on any atom is -0.228 e. The Kier molecular flexibility index (Phi) is 5.42. The highest BCUT2D eigenvalue weighted by Crippen LogP contribution is 2.17. The molecule has 0 aromatic heterocycles. The summed E-state index contributed by atoms with van der Waals surface area (Å²) in [7, 11) is -2.92. The lowest BCUT2D eigenvalue weighted by atomic mass is 10.3. The van der Waals surface area contributed by atoms with Crippen LogP contribution in [0, 0.1) is 0 Å². The van der Waals surface area contributed by atoms with Crippen LogP contribution in [0.5, 0.6) is 0 Å². The average Bonchev–Trinajstić information content (AvgIpc) is 2.02. The van der Waals surface area contributed by atoms with Gasteiger partial charge in [-0.1, -0.05) is 19.1 Å². The first-order valence-electron chi connectivity index (χ1n) is 5.18. The summed E-state index contributed by atoms with van der Waals surface area (Å²) in [6, 6.07) is 0. The summed E-state index contributed by atoms with van der Waals surface area (Å²) in [5.74, 6) is 0.296. The smallest absolute Gasteiger partial charge is 0.155 e. The standard InChI is InChI=1S/C11H22O2S/c1-5-6-7-8-9-10-14(12,13)11(2,3)4/h6-7H,5,8-10H2,1-4H3/b7-6-. The molecule has 0 unspecified atom stereocenters. The van der Waals surface area contributed by atoms with Crippen LogP contribution in [-0.2, 0) is 9.84 Å². The van der Waals surface area contributed by atoms with Crippen LogP contribution in [0.15, 0.2) is 12.2 Å². The van der Waals surface area contributed by atoms with Crippen molar-refractivity contribution >= 4 is 9.84 Å². The SMILES string of the molecule is CC/C=C\CCCS(=O)(=O)C(C)(C)C. The Labute approximate surface area is 88.3 Å². The lowest BCUT2D eigenvalue weighted by Gasteiger charge is -2.18. The molecule has 0 amide bonds. The van der Waals surface area contributed by atoms with Crippen molar-refractivity contribution in [3.63, 3.8) is 0 Å². The molecular formula is C11H22O2S. The van der Waals surface area contributed by atoms with Crippen molar-refractivity contribution < 1.29 is 8.42 Å². The Hall–Kier alpha value is -0.310. The van der Waals surface area contributed by atoms with Gasteiger partial charge in [0.05, 0.1) is 10.5 Å². The molecular weight excluding hydrogens is 196 g/mol. The van der Waals surface area contributed by atoms with Crippen molar-refractivity contribution in [1.82, 2.24) is 0 Å². The first-order chi connectivity index (χ1) is 6.31. The van der Waals surface area contributed by atoms with E-state index < -0.39 is 14.6 Å². The molecule has 0 heterocycles. The number of rotatable bonds is 5. The van der Waals surface area contributed by atoms with Gasteiger partial charge in [0.1, 0.15) is 0 Å². The second-order valence-electron chi connectivity index (χ2n) is 4.45. The quantitative estimate of drug-likeness (QED) is 0.525. The minimum absolute atomic E-state index is 0.296. The molecule has 0 aromatic rings. The summed E-state index contributed by atoms with van der Waals surface area (Å²) in [5, 5.41) is 0. The maximum absolute atomic E-state index is 11.7. The molecule has 0 aromatic carbocycles. The van der Waals surface area contributed by atoms with E-state index in [2.05, 4.69) is 19.1 Å². The van der Waals surface area contributed by atoms with Gasteiger partial charge < -0.3 is 0 Å². The van der Waals surface area contributed by atoms with Crippen molar-refractivity contribution in [3.8, 4) is 0 Å². The highest BCUT2D eigenvalue weighted by atomic mass is 32.2. The van der Waals surface area contributed by atoms with Gasteiger partial charge in [0.2, 0.25) is 0 Å². The third-order valence-electron chi connectivity index (χ3n) is 2.12. The van der Waals surface area contributed by atoms with Gasteiger partial charge in [-0.2, -0.15) is 0 Å². The second kappa shape index (κ2) is 5.54. The van der Waals surface area contributed by atoms with E-state index in [1.807, 2.05) is 0 Å². The molecule has 3 heteroatoms. The van der Waals surface area contributed by atoms with Gasteiger partial charge in [-0.25, -0.2) is 8.42 Å². The number of hydrogen-bond acceptors (Lipinski definition) is 2. The van der Waals surface area contributed by atoms with Crippen LogP contribution in [0.25, 0.3) is 0 Å². The molecule has 0 saturated heterocycles. The van der Waals surface area contributed by atoms with E-state index in [9.17, 15) is 8.42 Å². The van der Waals surface area contributed by atoms with Crippen molar-refractivity contribution in [3.05, 3.63) is 12.2 Å². The van der Waals surface area contributed by atoms with Crippen LogP contribution in [0.3, 0.4) is 0 Å². The van der Waals surface area contributed by atoms with E-state index in [0.717, 1.165) is 19.3 Å².